The SMILES string of the molecule is C[C@@]12CCC[C@H]1[C@@H]1CC=C3N(C(=O)Nc4cc(C(F)(F)F)ccc4C(F)(F)F)C(=O)CC[C@]3(C)[C@H]1CC2. The Morgan fingerprint density at radius 3 is 2.41 bits per heavy atom. The van der Waals surface area contributed by atoms with Crippen LogP contribution in [-0.2, 0) is 17.1 Å². The lowest BCUT2D eigenvalue weighted by atomic mass is 9.50. The molecule has 1 aromatic carbocycles. The van der Waals surface area contributed by atoms with E-state index in [-0.39, 0.29) is 18.4 Å². The smallest absolute Gasteiger partial charge is 0.307 e. The first-order valence-electron chi connectivity index (χ1n) is 12.8. The second-order valence-corrected chi connectivity index (χ2v) is 11.6. The fraction of sp³-hybridized carbons (Fsp3) is 0.630. The molecule has 0 radical (unpaired) electrons. The van der Waals surface area contributed by atoms with Crippen LogP contribution < -0.4 is 5.32 Å². The van der Waals surface area contributed by atoms with Crippen LogP contribution in [0.25, 0.3) is 0 Å². The van der Waals surface area contributed by atoms with Gasteiger partial charge in [0, 0.05) is 17.5 Å². The first-order valence-corrected chi connectivity index (χ1v) is 12.8. The number of imide groups is 1. The van der Waals surface area contributed by atoms with E-state index in [1.807, 2.05) is 18.3 Å². The summed E-state index contributed by atoms with van der Waals surface area (Å²) in [6.45, 7) is 4.37. The Balaban J connectivity index is 1.48. The number of benzene rings is 1. The number of hydrogen-bond acceptors (Lipinski definition) is 2. The molecule has 2 saturated carbocycles. The van der Waals surface area contributed by atoms with Gasteiger partial charge >= 0.3 is 18.4 Å². The molecule has 0 spiro atoms. The van der Waals surface area contributed by atoms with Gasteiger partial charge in [-0.3, -0.25) is 4.79 Å². The van der Waals surface area contributed by atoms with E-state index in [0.29, 0.717) is 47.9 Å². The van der Waals surface area contributed by atoms with Crippen LogP contribution in [0.2, 0.25) is 0 Å². The summed E-state index contributed by atoms with van der Waals surface area (Å²) in [5.74, 6) is 0.627. The molecule has 1 aromatic rings. The maximum absolute atomic E-state index is 13.6. The normalized spacial score (nSPS) is 33.8. The van der Waals surface area contributed by atoms with E-state index in [4.69, 9.17) is 0 Å². The van der Waals surface area contributed by atoms with Gasteiger partial charge in [0.25, 0.3) is 0 Å². The summed E-state index contributed by atoms with van der Waals surface area (Å²) >= 11 is 0. The number of nitrogens with zero attached hydrogens (tertiary/aromatic N) is 1. The molecule has 3 aliphatic carbocycles. The maximum Gasteiger partial charge on any atom is 0.418 e. The molecule has 1 heterocycles. The number of alkyl halides is 6. The van der Waals surface area contributed by atoms with E-state index < -0.39 is 46.5 Å². The average molecular weight is 529 g/mol. The lowest BCUT2D eigenvalue weighted by molar-refractivity contribution is -0.140. The number of allylic oxidation sites excluding steroid dienone is 2. The minimum atomic E-state index is -5.00. The van der Waals surface area contributed by atoms with Crippen molar-refractivity contribution in [3.05, 3.63) is 41.1 Å². The van der Waals surface area contributed by atoms with Crippen LogP contribution >= 0.6 is 0 Å². The molecule has 4 nitrogen and oxygen atoms in total. The van der Waals surface area contributed by atoms with Gasteiger partial charge in [0.2, 0.25) is 5.91 Å². The molecule has 10 heteroatoms. The third-order valence-electron chi connectivity index (χ3n) is 9.65. The van der Waals surface area contributed by atoms with Crippen molar-refractivity contribution in [1.82, 2.24) is 4.90 Å². The third kappa shape index (κ3) is 4.24. The fourth-order valence-corrected chi connectivity index (χ4v) is 7.81. The van der Waals surface area contributed by atoms with Gasteiger partial charge in [0.1, 0.15) is 0 Å². The third-order valence-corrected chi connectivity index (χ3v) is 9.65. The number of nitrogens with one attached hydrogen (secondary N) is 1. The summed E-state index contributed by atoms with van der Waals surface area (Å²) in [6, 6.07) is -0.273. The molecule has 202 valence electrons. The number of hydrogen-bond donors (Lipinski definition) is 1. The number of carbonyl (C=O) groups excluding carboxylic acids is 2. The Hall–Kier alpha value is -2.52. The van der Waals surface area contributed by atoms with Crippen LogP contribution in [0.1, 0.15) is 76.3 Å². The van der Waals surface area contributed by atoms with Crippen LogP contribution in [0.15, 0.2) is 30.0 Å². The number of urea groups is 1. The highest BCUT2D eigenvalue weighted by Gasteiger charge is 2.58. The largest absolute Gasteiger partial charge is 0.418 e. The van der Waals surface area contributed by atoms with E-state index in [0.717, 1.165) is 24.2 Å². The average Bonchev–Trinajstić information content (AvgIpc) is 3.20. The van der Waals surface area contributed by atoms with Gasteiger partial charge in [-0.05, 0) is 79.9 Å². The first-order chi connectivity index (χ1) is 17.1. The van der Waals surface area contributed by atoms with E-state index in [2.05, 4.69) is 6.92 Å². The number of likely N-dealkylation sites (tertiary alicyclic amines) is 1. The van der Waals surface area contributed by atoms with E-state index in [9.17, 15) is 35.9 Å². The second-order valence-electron chi connectivity index (χ2n) is 11.6. The molecule has 1 N–H and O–H groups in total. The highest BCUT2D eigenvalue weighted by molar-refractivity contribution is 6.04. The molecular formula is C27H30F6N2O2. The van der Waals surface area contributed by atoms with Crippen molar-refractivity contribution in [2.75, 3.05) is 5.32 Å². The number of amides is 3. The Bertz CT molecular complexity index is 1160. The van der Waals surface area contributed by atoms with Crippen LogP contribution in [0.3, 0.4) is 0 Å². The quantitative estimate of drug-likeness (QED) is 0.376. The molecule has 37 heavy (non-hydrogen) atoms. The molecule has 0 bridgehead atoms. The van der Waals surface area contributed by atoms with Gasteiger partial charge in [-0.25, -0.2) is 9.69 Å². The predicted molar refractivity (Wildman–Crippen MR) is 124 cm³/mol. The summed E-state index contributed by atoms with van der Waals surface area (Å²) in [5.41, 5.74) is -3.52. The zero-order chi connectivity index (χ0) is 27.0. The summed E-state index contributed by atoms with van der Waals surface area (Å²) < 4.78 is 80.4. The highest BCUT2D eigenvalue weighted by Crippen LogP contribution is 2.64. The van der Waals surface area contributed by atoms with Crippen LogP contribution in [0, 0.1) is 28.6 Å². The Morgan fingerprint density at radius 2 is 1.73 bits per heavy atom. The maximum atomic E-state index is 13.6. The first kappa shape index (κ1) is 26.1. The van der Waals surface area contributed by atoms with Gasteiger partial charge in [0.05, 0.1) is 16.8 Å². The van der Waals surface area contributed by atoms with Gasteiger partial charge in [-0.15, -0.1) is 0 Å². The molecule has 5 atom stereocenters. The Kier molecular flexibility index (Phi) is 5.99. The monoisotopic (exact) mass is 528 g/mol. The van der Waals surface area contributed by atoms with Crippen molar-refractivity contribution >= 4 is 17.6 Å². The summed E-state index contributed by atoms with van der Waals surface area (Å²) in [4.78, 5) is 27.1. The predicted octanol–water partition coefficient (Wildman–Crippen LogP) is 8.01. The Morgan fingerprint density at radius 1 is 1.00 bits per heavy atom. The van der Waals surface area contributed by atoms with Crippen LogP contribution in [0.4, 0.5) is 36.8 Å². The number of piperidine rings is 1. The second kappa shape index (κ2) is 8.50. The molecular weight excluding hydrogens is 498 g/mol. The van der Waals surface area contributed by atoms with Crippen molar-refractivity contribution in [3.63, 3.8) is 0 Å². The fourth-order valence-electron chi connectivity index (χ4n) is 7.81. The topological polar surface area (TPSA) is 49.4 Å². The van der Waals surface area contributed by atoms with Crippen molar-refractivity contribution in [3.8, 4) is 0 Å². The van der Waals surface area contributed by atoms with Gasteiger partial charge in [0.15, 0.2) is 0 Å². The molecule has 0 aromatic heterocycles. The van der Waals surface area contributed by atoms with Gasteiger partial charge in [-0.1, -0.05) is 26.3 Å². The lowest BCUT2D eigenvalue weighted by Gasteiger charge is -2.57. The summed E-state index contributed by atoms with van der Waals surface area (Å²) in [7, 11) is 0. The van der Waals surface area contributed by atoms with Crippen molar-refractivity contribution in [2.45, 2.75) is 77.6 Å². The number of fused-ring (bicyclic) bond motifs is 5. The number of carbonyl (C=O) groups is 2. The van der Waals surface area contributed by atoms with E-state index in [1.165, 1.54) is 12.8 Å². The van der Waals surface area contributed by atoms with Gasteiger partial charge < -0.3 is 5.32 Å². The highest BCUT2D eigenvalue weighted by atomic mass is 19.4. The van der Waals surface area contributed by atoms with Gasteiger partial charge in [-0.2, -0.15) is 26.3 Å². The van der Waals surface area contributed by atoms with E-state index in [1.54, 1.807) is 0 Å². The minimum Gasteiger partial charge on any atom is -0.307 e. The molecule has 1 aliphatic heterocycles. The zero-order valence-corrected chi connectivity index (χ0v) is 20.7. The van der Waals surface area contributed by atoms with Crippen molar-refractivity contribution in [1.29, 1.82) is 0 Å². The van der Waals surface area contributed by atoms with E-state index >= 15 is 0 Å². The van der Waals surface area contributed by atoms with Crippen LogP contribution in [-0.4, -0.2) is 16.8 Å². The summed E-state index contributed by atoms with van der Waals surface area (Å²) in [6.07, 6.45) is -1.26. The molecule has 1 saturated heterocycles. The van der Waals surface area contributed by atoms with Crippen molar-refractivity contribution < 1.29 is 35.9 Å². The van der Waals surface area contributed by atoms with Crippen molar-refractivity contribution in [2.24, 2.45) is 28.6 Å². The summed E-state index contributed by atoms with van der Waals surface area (Å²) in [5, 5.41) is 2.00. The number of anilines is 1. The Labute approximate surface area is 211 Å². The molecule has 0 unspecified atom stereocenters. The standard InChI is InChI=1S/C27H30F6N2O2/c1-24-11-3-4-17(24)16-6-8-21-25(2,18(16)9-12-24)13-10-22(36)35(21)23(37)34-20-14-15(26(28,29)30)5-7-19(20)27(31,32)33/h5,7-8,14,16-18H,3-4,6,9-13H2,1-2H3,(H,34,37)/t16-,17-,18-,24-,25+/m0/s1. The lowest BCUT2D eigenvalue weighted by Crippen LogP contribution is -2.55. The number of halogens is 6. The minimum absolute atomic E-state index is 0.0428. The van der Waals surface area contributed by atoms with Crippen LogP contribution in [0.5, 0.6) is 0 Å². The molecule has 4 aliphatic rings. The molecule has 3 fully saturated rings. The number of rotatable bonds is 1. The molecule has 5 rings (SSSR count). The molecule has 3 amide bonds. The zero-order valence-electron chi connectivity index (χ0n) is 20.7.